The van der Waals surface area contributed by atoms with Gasteiger partial charge in [-0.3, -0.25) is 4.79 Å². The van der Waals surface area contributed by atoms with Crippen LogP contribution in [0.4, 0.5) is 0 Å². The first kappa shape index (κ1) is 12.0. The van der Waals surface area contributed by atoms with E-state index in [2.05, 4.69) is 9.97 Å². The van der Waals surface area contributed by atoms with Gasteiger partial charge in [0.1, 0.15) is 0 Å². The van der Waals surface area contributed by atoms with Crippen LogP contribution >= 0.6 is 0 Å². The van der Waals surface area contributed by atoms with Gasteiger partial charge in [0.05, 0.1) is 14.2 Å². The van der Waals surface area contributed by atoms with Crippen LogP contribution in [0, 0.1) is 0 Å². The normalized spacial score (nSPS) is 9.89. The number of ketones is 1. The summed E-state index contributed by atoms with van der Waals surface area (Å²) in [5.74, 6) is 0.805. The summed E-state index contributed by atoms with van der Waals surface area (Å²) in [5, 5.41) is 0. The molecule has 0 amide bonds. The zero-order valence-corrected chi connectivity index (χ0v) is 10.1. The minimum atomic E-state index is -0.139. The van der Waals surface area contributed by atoms with Gasteiger partial charge in [0, 0.05) is 35.7 Å². The van der Waals surface area contributed by atoms with Crippen molar-refractivity contribution >= 4 is 5.78 Å². The van der Waals surface area contributed by atoms with E-state index in [1.807, 2.05) is 0 Å². The largest absolute Gasteiger partial charge is 0.481 e. The molecule has 0 aliphatic heterocycles. The van der Waals surface area contributed by atoms with Crippen molar-refractivity contribution in [2.24, 2.45) is 0 Å². The van der Waals surface area contributed by atoms with Gasteiger partial charge in [0.15, 0.2) is 5.78 Å². The molecule has 0 aromatic carbocycles. The molecule has 0 unspecified atom stereocenters. The summed E-state index contributed by atoms with van der Waals surface area (Å²) in [5.41, 5.74) is 0.977. The second-order valence-electron chi connectivity index (χ2n) is 3.51. The lowest BCUT2D eigenvalue weighted by molar-refractivity contribution is 0.103. The Hall–Kier alpha value is -2.43. The lowest BCUT2D eigenvalue weighted by atomic mass is 10.1. The number of rotatable bonds is 4. The third-order valence-corrected chi connectivity index (χ3v) is 2.42. The van der Waals surface area contributed by atoms with Gasteiger partial charge in [-0.1, -0.05) is 0 Å². The molecule has 5 heteroatoms. The summed E-state index contributed by atoms with van der Waals surface area (Å²) in [7, 11) is 3.05. The third-order valence-electron chi connectivity index (χ3n) is 2.42. The zero-order valence-electron chi connectivity index (χ0n) is 10.1. The molecule has 0 aliphatic rings. The van der Waals surface area contributed by atoms with Crippen LogP contribution in [0.1, 0.15) is 15.9 Å². The van der Waals surface area contributed by atoms with Gasteiger partial charge in [-0.05, 0) is 12.1 Å². The smallest absolute Gasteiger partial charge is 0.212 e. The predicted molar refractivity (Wildman–Crippen MR) is 65.0 cm³/mol. The SMILES string of the molecule is COc1ccc(C(=O)c2ccc(OC)nc2)cn1. The number of hydrogen-bond acceptors (Lipinski definition) is 5. The quantitative estimate of drug-likeness (QED) is 0.766. The maximum absolute atomic E-state index is 12.1. The summed E-state index contributed by atoms with van der Waals surface area (Å²) >= 11 is 0. The number of pyridine rings is 2. The van der Waals surface area contributed by atoms with Crippen LogP contribution in [0.3, 0.4) is 0 Å². The number of methoxy groups -OCH3 is 2. The molecule has 2 heterocycles. The predicted octanol–water partition coefficient (Wildman–Crippen LogP) is 1.72. The molecule has 0 aliphatic carbocycles. The molecule has 18 heavy (non-hydrogen) atoms. The van der Waals surface area contributed by atoms with E-state index in [0.29, 0.717) is 22.9 Å². The van der Waals surface area contributed by atoms with Crippen LogP contribution in [-0.2, 0) is 0 Å². The fourth-order valence-corrected chi connectivity index (χ4v) is 1.44. The van der Waals surface area contributed by atoms with E-state index in [-0.39, 0.29) is 5.78 Å². The van der Waals surface area contributed by atoms with Gasteiger partial charge in [0.25, 0.3) is 0 Å². The molecular formula is C13H12N2O3. The highest BCUT2D eigenvalue weighted by Gasteiger charge is 2.10. The second kappa shape index (κ2) is 5.27. The van der Waals surface area contributed by atoms with Gasteiger partial charge in [0.2, 0.25) is 11.8 Å². The van der Waals surface area contributed by atoms with E-state index in [9.17, 15) is 4.79 Å². The molecule has 0 spiro atoms. The Kier molecular flexibility index (Phi) is 3.52. The molecule has 0 N–H and O–H groups in total. The van der Waals surface area contributed by atoms with E-state index in [1.54, 1.807) is 24.3 Å². The molecule has 2 aromatic heterocycles. The number of nitrogens with zero attached hydrogens (tertiary/aromatic N) is 2. The topological polar surface area (TPSA) is 61.3 Å². The molecule has 0 saturated carbocycles. The average molecular weight is 244 g/mol. The number of carbonyl (C=O) groups is 1. The lowest BCUT2D eigenvalue weighted by Crippen LogP contribution is -2.03. The highest BCUT2D eigenvalue weighted by atomic mass is 16.5. The van der Waals surface area contributed by atoms with Crippen molar-refractivity contribution < 1.29 is 14.3 Å². The maximum atomic E-state index is 12.1. The fraction of sp³-hybridized carbons (Fsp3) is 0.154. The second-order valence-corrected chi connectivity index (χ2v) is 3.51. The summed E-state index contributed by atoms with van der Waals surface area (Å²) in [6.45, 7) is 0. The van der Waals surface area contributed by atoms with Crippen LogP contribution in [-0.4, -0.2) is 30.0 Å². The number of ether oxygens (including phenoxy) is 2. The summed E-state index contributed by atoms with van der Waals surface area (Å²) in [4.78, 5) is 20.1. The fourth-order valence-electron chi connectivity index (χ4n) is 1.44. The van der Waals surface area contributed by atoms with Gasteiger partial charge in [-0.2, -0.15) is 0 Å². The Labute approximate surface area is 104 Å². The van der Waals surface area contributed by atoms with Gasteiger partial charge in [-0.25, -0.2) is 9.97 Å². The van der Waals surface area contributed by atoms with Crippen molar-refractivity contribution in [1.82, 2.24) is 9.97 Å². The van der Waals surface area contributed by atoms with Crippen LogP contribution in [0.15, 0.2) is 36.7 Å². The average Bonchev–Trinajstić information content (AvgIpc) is 2.47. The highest BCUT2D eigenvalue weighted by molar-refractivity contribution is 6.08. The third kappa shape index (κ3) is 2.45. The van der Waals surface area contributed by atoms with Crippen molar-refractivity contribution in [3.05, 3.63) is 47.8 Å². The number of aromatic nitrogens is 2. The van der Waals surface area contributed by atoms with Gasteiger partial charge < -0.3 is 9.47 Å². The number of hydrogen-bond donors (Lipinski definition) is 0. The minimum absolute atomic E-state index is 0.139. The van der Waals surface area contributed by atoms with E-state index in [0.717, 1.165) is 0 Å². The molecule has 0 radical (unpaired) electrons. The Morgan fingerprint density at radius 1 is 0.889 bits per heavy atom. The van der Waals surface area contributed by atoms with E-state index >= 15 is 0 Å². The molecule has 0 saturated heterocycles. The first-order valence-corrected chi connectivity index (χ1v) is 5.29. The van der Waals surface area contributed by atoms with Crippen LogP contribution in [0.5, 0.6) is 11.8 Å². The Balaban J connectivity index is 2.23. The molecular weight excluding hydrogens is 232 g/mol. The van der Waals surface area contributed by atoms with Gasteiger partial charge in [-0.15, -0.1) is 0 Å². The molecule has 0 atom stereocenters. The van der Waals surface area contributed by atoms with E-state index < -0.39 is 0 Å². The molecule has 2 rings (SSSR count). The molecule has 92 valence electrons. The molecule has 2 aromatic rings. The zero-order chi connectivity index (χ0) is 13.0. The Bertz CT molecular complexity index is 486. The Morgan fingerprint density at radius 2 is 1.33 bits per heavy atom. The van der Waals surface area contributed by atoms with Gasteiger partial charge >= 0.3 is 0 Å². The van der Waals surface area contributed by atoms with Crippen LogP contribution in [0.25, 0.3) is 0 Å². The lowest BCUT2D eigenvalue weighted by Gasteiger charge is -2.03. The van der Waals surface area contributed by atoms with E-state index in [4.69, 9.17) is 9.47 Å². The minimum Gasteiger partial charge on any atom is -0.481 e. The maximum Gasteiger partial charge on any atom is 0.212 e. The van der Waals surface area contributed by atoms with Crippen molar-refractivity contribution in [2.75, 3.05) is 14.2 Å². The standard InChI is InChI=1S/C13H12N2O3/c1-17-11-5-3-9(7-14-11)13(16)10-4-6-12(18-2)15-8-10/h3-8H,1-2H3. The molecule has 0 fully saturated rings. The van der Waals surface area contributed by atoms with Crippen molar-refractivity contribution in [2.45, 2.75) is 0 Å². The van der Waals surface area contributed by atoms with Crippen LogP contribution < -0.4 is 9.47 Å². The number of carbonyl (C=O) groups excluding carboxylic acids is 1. The summed E-state index contributed by atoms with van der Waals surface area (Å²) in [6.07, 6.45) is 2.96. The van der Waals surface area contributed by atoms with E-state index in [1.165, 1.54) is 26.6 Å². The first-order valence-electron chi connectivity index (χ1n) is 5.29. The highest BCUT2D eigenvalue weighted by Crippen LogP contribution is 2.13. The summed E-state index contributed by atoms with van der Waals surface area (Å²) in [6, 6.07) is 6.62. The van der Waals surface area contributed by atoms with Crippen molar-refractivity contribution in [3.8, 4) is 11.8 Å². The summed E-state index contributed by atoms with van der Waals surface area (Å²) < 4.78 is 9.87. The Morgan fingerprint density at radius 3 is 1.61 bits per heavy atom. The first-order chi connectivity index (χ1) is 8.74. The molecule has 0 bridgehead atoms. The van der Waals surface area contributed by atoms with Crippen LogP contribution in [0.2, 0.25) is 0 Å². The molecule has 5 nitrogen and oxygen atoms in total. The monoisotopic (exact) mass is 244 g/mol. The van der Waals surface area contributed by atoms with Crippen molar-refractivity contribution in [3.63, 3.8) is 0 Å². The van der Waals surface area contributed by atoms with Crippen molar-refractivity contribution in [1.29, 1.82) is 0 Å².